The third kappa shape index (κ3) is 3.82. The molecule has 2 N–H and O–H groups in total. The van der Waals surface area contributed by atoms with E-state index in [1.165, 1.54) is 64.1 Å². The van der Waals surface area contributed by atoms with Crippen molar-refractivity contribution in [2.45, 2.75) is 24.9 Å². The summed E-state index contributed by atoms with van der Waals surface area (Å²) in [6, 6.07) is 8.42. The molecule has 1 fully saturated rings. The molecule has 2 aromatic rings. The second-order valence-electron chi connectivity index (χ2n) is 7.07. The van der Waals surface area contributed by atoms with Crippen LogP contribution in [0.15, 0.2) is 53.2 Å². The van der Waals surface area contributed by atoms with Crippen molar-refractivity contribution in [3.8, 4) is 0 Å². The number of thioether (sulfide) groups is 1. The molecule has 0 bridgehead atoms. The topological polar surface area (TPSA) is 136 Å². The number of benzene rings is 1. The molecule has 166 valence electrons. The molecule has 1 saturated heterocycles. The first-order valence-electron chi connectivity index (χ1n) is 9.46. The average molecular weight is 475 g/mol. The van der Waals surface area contributed by atoms with Gasteiger partial charge in [-0.3, -0.25) is 29.5 Å². The Morgan fingerprint density at radius 2 is 2.03 bits per heavy atom. The second kappa shape index (κ2) is 8.63. The van der Waals surface area contributed by atoms with Gasteiger partial charge in [0, 0.05) is 24.8 Å². The highest BCUT2D eigenvalue weighted by Crippen LogP contribution is 2.43. The van der Waals surface area contributed by atoms with Crippen LogP contribution in [-0.4, -0.2) is 44.8 Å². The van der Waals surface area contributed by atoms with Crippen LogP contribution < -0.4 is 10.6 Å². The van der Waals surface area contributed by atoms with Crippen LogP contribution >= 0.6 is 23.1 Å². The van der Waals surface area contributed by atoms with E-state index in [9.17, 15) is 24.5 Å². The highest BCUT2D eigenvalue weighted by atomic mass is 32.2. The van der Waals surface area contributed by atoms with E-state index >= 15 is 0 Å². The zero-order valence-corrected chi connectivity index (χ0v) is 18.4. The molecule has 0 radical (unpaired) electrons. The number of esters is 1. The number of nitrogens with two attached hydrogens (primary N) is 1. The fourth-order valence-corrected chi connectivity index (χ4v) is 5.62. The van der Waals surface area contributed by atoms with Gasteiger partial charge in [-0.2, -0.15) is 0 Å². The molecule has 10 nitrogen and oxygen atoms in total. The number of ether oxygens (including phenoxy) is 1. The van der Waals surface area contributed by atoms with Gasteiger partial charge in [-0.1, -0.05) is 0 Å². The van der Waals surface area contributed by atoms with E-state index in [1.54, 1.807) is 12.1 Å². The first kappa shape index (κ1) is 21.8. The summed E-state index contributed by atoms with van der Waals surface area (Å²) in [5.74, 6) is -1.13. The van der Waals surface area contributed by atoms with Crippen LogP contribution in [0.25, 0.3) is 0 Å². The van der Waals surface area contributed by atoms with E-state index in [4.69, 9.17) is 10.5 Å². The SMILES string of the molecule is CC(=O)N(c1cccs1)[C@@H]1C(=O)N2C(C(=O)OCc3ccc([N+](=O)[O-])cc3)=C(N)CS[C@H]12. The molecule has 2 aliphatic rings. The lowest BCUT2D eigenvalue weighted by molar-refractivity contribution is -0.384. The summed E-state index contributed by atoms with van der Waals surface area (Å²) in [7, 11) is 0. The zero-order chi connectivity index (χ0) is 23.0. The number of nitro groups is 1. The Morgan fingerprint density at radius 1 is 1.31 bits per heavy atom. The molecule has 12 heteroatoms. The number of β-lactam (4-membered cyclic amide) rings is 1. The Balaban J connectivity index is 1.49. The van der Waals surface area contributed by atoms with E-state index in [0.29, 0.717) is 16.3 Å². The van der Waals surface area contributed by atoms with E-state index < -0.39 is 28.2 Å². The van der Waals surface area contributed by atoms with Gasteiger partial charge >= 0.3 is 5.97 Å². The molecule has 0 aliphatic carbocycles. The number of amides is 2. The minimum atomic E-state index is -0.761. The third-order valence-corrected chi connectivity index (χ3v) is 7.20. The number of rotatable bonds is 6. The summed E-state index contributed by atoms with van der Waals surface area (Å²) in [5.41, 5.74) is 6.72. The molecule has 0 saturated carbocycles. The summed E-state index contributed by atoms with van der Waals surface area (Å²) in [4.78, 5) is 51.1. The molecule has 4 rings (SSSR count). The predicted octanol–water partition coefficient (Wildman–Crippen LogP) is 2.21. The number of hydrogen-bond donors (Lipinski definition) is 1. The third-order valence-electron chi connectivity index (χ3n) is 5.04. The number of nitrogens with zero attached hydrogens (tertiary/aromatic N) is 3. The lowest BCUT2D eigenvalue weighted by Crippen LogP contribution is -2.71. The lowest BCUT2D eigenvalue weighted by Gasteiger charge is -2.52. The van der Waals surface area contributed by atoms with Crippen molar-refractivity contribution >= 4 is 51.6 Å². The Morgan fingerprint density at radius 3 is 2.62 bits per heavy atom. The Bertz CT molecular complexity index is 1120. The van der Waals surface area contributed by atoms with Crippen molar-refractivity contribution in [1.29, 1.82) is 0 Å². The monoisotopic (exact) mass is 474 g/mol. The first-order valence-corrected chi connectivity index (χ1v) is 11.4. The number of carbonyl (C=O) groups is 3. The van der Waals surface area contributed by atoms with Gasteiger partial charge in [0.1, 0.15) is 18.0 Å². The second-order valence-corrected chi connectivity index (χ2v) is 9.10. The van der Waals surface area contributed by atoms with Gasteiger partial charge in [0.05, 0.1) is 15.6 Å². The highest BCUT2D eigenvalue weighted by molar-refractivity contribution is 8.00. The fraction of sp³-hybridized carbons (Fsp3) is 0.250. The minimum Gasteiger partial charge on any atom is -0.456 e. The zero-order valence-electron chi connectivity index (χ0n) is 16.8. The molecule has 0 spiro atoms. The number of non-ortho nitro benzene ring substituents is 1. The maximum Gasteiger partial charge on any atom is 0.357 e. The van der Waals surface area contributed by atoms with Crippen LogP contribution in [-0.2, 0) is 25.7 Å². The van der Waals surface area contributed by atoms with Crippen LogP contribution in [0.4, 0.5) is 10.7 Å². The van der Waals surface area contributed by atoms with Crippen molar-refractivity contribution in [3.63, 3.8) is 0 Å². The van der Waals surface area contributed by atoms with Crippen LogP contribution in [0.1, 0.15) is 12.5 Å². The van der Waals surface area contributed by atoms with Gasteiger partial charge in [-0.25, -0.2) is 4.79 Å². The molecule has 0 unspecified atom stereocenters. The summed E-state index contributed by atoms with van der Waals surface area (Å²) in [6.45, 7) is 1.26. The number of fused-ring (bicyclic) bond motifs is 1. The normalized spacial score (nSPS) is 19.8. The van der Waals surface area contributed by atoms with Gasteiger partial charge in [0.2, 0.25) is 5.91 Å². The lowest BCUT2D eigenvalue weighted by atomic mass is 10.0. The minimum absolute atomic E-state index is 0.0217. The van der Waals surface area contributed by atoms with Gasteiger partial charge in [0.15, 0.2) is 5.70 Å². The molecule has 3 heterocycles. The van der Waals surface area contributed by atoms with Crippen molar-refractivity contribution in [2.24, 2.45) is 5.73 Å². The van der Waals surface area contributed by atoms with Gasteiger partial charge in [-0.15, -0.1) is 23.1 Å². The summed E-state index contributed by atoms with van der Waals surface area (Å²) >= 11 is 2.73. The quantitative estimate of drug-likeness (QED) is 0.291. The molecule has 1 aromatic heterocycles. The molecular formula is C20H18N4O6S2. The van der Waals surface area contributed by atoms with E-state index in [1.807, 2.05) is 5.38 Å². The number of nitro benzene ring substituents is 1. The Hall–Kier alpha value is -3.38. The van der Waals surface area contributed by atoms with E-state index in [2.05, 4.69) is 0 Å². The van der Waals surface area contributed by atoms with Gasteiger partial charge < -0.3 is 10.5 Å². The molecule has 2 aliphatic heterocycles. The maximum absolute atomic E-state index is 13.0. The van der Waals surface area contributed by atoms with Crippen LogP contribution in [0, 0.1) is 10.1 Å². The van der Waals surface area contributed by atoms with Crippen molar-refractivity contribution in [2.75, 3.05) is 10.7 Å². The molecule has 2 amide bonds. The largest absolute Gasteiger partial charge is 0.456 e. The summed E-state index contributed by atoms with van der Waals surface area (Å²) in [6.07, 6.45) is 0. The summed E-state index contributed by atoms with van der Waals surface area (Å²) in [5, 5.41) is 12.8. The molecule has 2 atom stereocenters. The Labute approximate surface area is 190 Å². The van der Waals surface area contributed by atoms with Crippen LogP contribution in [0.3, 0.4) is 0 Å². The van der Waals surface area contributed by atoms with Gasteiger partial charge in [0.25, 0.3) is 11.6 Å². The van der Waals surface area contributed by atoms with Gasteiger partial charge in [-0.05, 0) is 35.2 Å². The van der Waals surface area contributed by atoms with Crippen molar-refractivity contribution in [1.82, 2.24) is 4.90 Å². The number of thiophene rings is 1. The Kier molecular flexibility index (Phi) is 5.89. The highest BCUT2D eigenvalue weighted by Gasteiger charge is 2.57. The fourth-order valence-electron chi connectivity index (χ4n) is 3.54. The van der Waals surface area contributed by atoms with Crippen LogP contribution in [0.5, 0.6) is 0 Å². The van der Waals surface area contributed by atoms with Crippen molar-refractivity contribution < 1.29 is 24.0 Å². The first-order chi connectivity index (χ1) is 15.3. The number of hydrogen-bond acceptors (Lipinski definition) is 9. The molecule has 32 heavy (non-hydrogen) atoms. The smallest absolute Gasteiger partial charge is 0.357 e. The predicted molar refractivity (Wildman–Crippen MR) is 118 cm³/mol. The van der Waals surface area contributed by atoms with E-state index in [-0.39, 0.29) is 29.6 Å². The standard InChI is InChI=1S/C20H18N4O6S2/c1-11(25)22(15-3-2-8-31-15)17-18(26)23-16(14(21)10-32-19(17)23)20(27)30-9-12-4-6-13(7-5-12)24(28)29/h2-8,17,19H,9-10,21H2,1H3/t17-,19-/m1/s1. The summed E-state index contributed by atoms with van der Waals surface area (Å²) < 4.78 is 5.33. The number of carbonyl (C=O) groups excluding carboxylic acids is 3. The van der Waals surface area contributed by atoms with Crippen molar-refractivity contribution in [3.05, 3.63) is 68.9 Å². The van der Waals surface area contributed by atoms with Crippen LogP contribution in [0.2, 0.25) is 0 Å². The average Bonchev–Trinajstić information content (AvgIpc) is 3.29. The molecule has 1 aromatic carbocycles. The maximum atomic E-state index is 13.0. The number of anilines is 1. The van der Waals surface area contributed by atoms with E-state index in [0.717, 1.165) is 0 Å². The molecular weight excluding hydrogens is 456 g/mol.